The van der Waals surface area contributed by atoms with Gasteiger partial charge >= 0.3 is 5.97 Å². The van der Waals surface area contributed by atoms with Gasteiger partial charge in [0.1, 0.15) is 22.8 Å². The van der Waals surface area contributed by atoms with Crippen LogP contribution in [0.2, 0.25) is 0 Å². The average Bonchev–Trinajstić information content (AvgIpc) is 2.54. The predicted octanol–water partition coefficient (Wildman–Crippen LogP) is 1.56. The lowest BCUT2D eigenvalue weighted by molar-refractivity contribution is -0.384. The first kappa shape index (κ1) is 15.9. The summed E-state index contributed by atoms with van der Waals surface area (Å²) in [5, 5.41) is 13.2. The van der Waals surface area contributed by atoms with Crippen molar-refractivity contribution in [3.05, 3.63) is 57.9 Å². The van der Waals surface area contributed by atoms with Gasteiger partial charge in [0.25, 0.3) is 11.6 Å². The first-order valence-corrected chi connectivity index (χ1v) is 6.07. The topological polar surface area (TPSA) is 124 Å². The smallest absolute Gasteiger partial charge is 0.341 e. The molecule has 1 aromatic carbocycles. The van der Waals surface area contributed by atoms with Gasteiger partial charge in [-0.15, -0.1) is 0 Å². The number of nitrogens with zero attached hydrogens (tertiary/aromatic N) is 3. The highest BCUT2D eigenvalue weighted by Crippen LogP contribution is 2.28. The van der Waals surface area contributed by atoms with E-state index in [0.717, 1.165) is 13.3 Å². The molecule has 0 unspecified atom stereocenters. The number of rotatable bonds is 4. The Bertz CT molecular complexity index is 781. The number of ether oxygens (including phenoxy) is 1. The zero-order valence-corrected chi connectivity index (χ0v) is 11.6. The number of halogens is 1. The SMILES string of the molecule is COC(=O)c1cc([N+](=O)[O-])c(NC(=O)c2cnccn2)cc1F. The third-order valence-corrected chi connectivity index (χ3v) is 2.73. The molecule has 0 aliphatic carbocycles. The Labute approximate surface area is 128 Å². The number of nitro groups is 1. The second kappa shape index (κ2) is 6.56. The molecule has 10 heteroatoms. The number of hydrogen-bond donors (Lipinski definition) is 1. The molecule has 0 saturated carbocycles. The van der Waals surface area contributed by atoms with Crippen molar-refractivity contribution in [2.45, 2.75) is 0 Å². The van der Waals surface area contributed by atoms with Crippen LogP contribution < -0.4 is 5.32 Å². The van der Waals surface area contributed by atoms with Gasteiger partial charge in [-0.2, -0.15) is 0 Å². The van der Waals surface area contributed by atoms with E-state index in [2.05, 4.69) is 20.0 Å². The number of hydrogen-bond acceptors (Lipinski definition) is 7. The van der Waals surface area contributed by atoms with Crippen molar-refractivity contribution in [1.29, 1.82) is 0 Å². The largest absolute Gasteiger partial charge is 0.465 e. The van der Waals surface area contributed by atoms with Gasteiger partial charge in [-0.1, -0.05) is 0 Å². The van der Waals surface area contributed by atoms with Crippen LogP contribution in [-0.4, -0.2) is 33.9 Å². The Morgan fingerprint density at radius 2 is 2.09 bits per heavy atom. The molecule has 1 N–H and O–H groups in total. The fraction of sp³-hybridized carbons (Fsp3) is 0.0769. The molecule has 0 bridgehead atoms. The fourth-order valence-electron chi connectivity index (χ4n) is 1.68. The van der Waals surface area contributed by atoms with Gasteiger partial charge in [-0.05, 0) is 0 Å². The van der Waals surface area contributed by atoms with Crippen molar-refractivity contribution >= 4 is 23.3 Å². The van der Waals surface area contributed by atoms with Crippen LogP contribution in [-0.2, 0) is 4.74 Å². The van der Waals surface area contributed by atoms with Crippen LogP contribution in [0.25, 0.3) is 0 Å². The van der Waals surface area contributed by atoms with Crippen LogP contribution in [0.15, 0.2) is 30.7 Å². The second-order valence-corrected chi connectivity index (χ2v) is 4.14. The molecular formula is C13H9FN4O5. The summed E-state index contributed by atoms with van der Waals surface area (Å²) in [5.41, 5.74) is -1.81. The minimum atomic E-state index is -1.07. The Balaban J connectivity index is 2.42. The van der Waals surface area contributed by atoms with E-state index in [4.69, 9.17) is 0 Å². The van der Waals surface area contributed by atoms with Gasteiger partial charge in [-0.3, -0.25) is 19.9 Å². The number of carbonyl (C=O) groups excluding carboxylic acids is 2. The van der Waals surface area contributed by atoms with E-state index in [9.17, 15) is 24.1 Å². The van der Waals surface area contributed by atoms with Crippen molar-refractivity contribution in [3.8, 4) is 0 Å². The van der Waals surface area contributed by atoms with Crippen LogP contribution in [0, 0.1) is 15.9 Å². The molecule has 1 amide bonds. The zero-order chi connectivity index (χ0) is 17.0. The van der Waals surface area contributed by atoms with Crippen molar-refractivity contribution < 1.29 is 23.6 Å². The Morgan fingerprint density at radius 1 is 1.35 bits per heavy atom. The summed E-state index contributed by atoms with van der Waals surface area (Å²) in [6.45, 7) is 0. The van der Waals surface area contributed by atoms with Crippen molar-refractivity contribution in [1.82, 2.24) is 9.97 Å². The molecule has 118 valence electrons. The van der Waals surface area contributed by atoms with Crippen molar-refractivity contribution in [2.75, 3.05) is 12.4 Å². The number of anilines is 1. The maximum atomic E-state index is 13.9. The lowest BCUT2D eigenvalue weighted by Gasteiger charge is -2.08. The van der Waals surface area contributed by atoms with E-state index in [1.165, 1.54) is 12.4 Å². The van der Waals surface area contributed by atoms with Gasteiger partial charge in [0.15, 0.2) is 0 Å². The molecule has 0 radical (unpaired) electrons. The minimum Gasteiger partial charge on any atom is -0.465 e. The molecule has 0 aliphatic rings. The summed E-state index contributed by atoms with van der Waals surface area (Å²) in [4.78, 5) is 40.9. The molecule has 1 heterocycles. The summed E-state index contributed by atoms with van der Waals surface area (Å²) in [6, 6.07) is 1.35. The Morgan fingerprint density at radius 3 is 2.65 bits per heavy atom. The standard InChI is InChI=1S/C13H9FN4O5/c1-23-13(20)7-4-11(18(21)22)9(5-8(7)14)17-12(19)10-6-15-2-3-16-10/h2-6H,1H3,(H,17,19). The number of aromatic nitrogens is 2. The van der Waals surface area contributed by atoms with Crippen LogP contribution in [0.4, 0.5) is 15.8 Å². The number of esters is 1. The number of amides is 1. The number of nitrogens with one attached hydrogen (secondary N) is 1. The lowest BCUT2D eigenvalue weighted by atomic mass is 10.1. The monoisotopic (exact) mass is 320 g/mol. The van der Waals surface area contributed by atoms with E-state index < -0.39 is 39.6 Å². The third-order valence-electron chi connectivity index (χ3n) is 2.73. The number of carbonyl (C=O) groups is 2. The predicted molar refractivity (Wildman–Crippen MR) is 74.4 cm³/mol. The second-order valence-electron chi connectivity index (χ2n) is 4.14. The molecule has 9 nitrogen and oxygen atoms in total. The summed E-state index contributed by atoms with van der Waals surface area (Å²) in [7, 11) is 1.01. The Hall–Kier alpha value is -3.43. The van der Waals surface area contributed by atoms with Gasteiger partial charge in [0.05, 0.1) is 18.2 Å². The zero-order valence-electron chi connectivity index (χ0n) is 11.6. The van der Waals surface area contributed by atoms with Crippen molar-refractivity contribution in [2.24, 2.45) is 0 Å². The van der Waals surface area contributed by atoms with E-state index in [0.29, 0.717) is 12.1 Å². The summed E-state index contributed by atoms with van der Waals surface area (Å²) in [5.74, 6) is -2.96. The van der Waals surface area contributed by atoms with Crippen molar-refractivity contribution in [3.63, 3.8) is 0 Å². The molecule has 2 aromatic rings. The normalized spacial score (nSPS) is 10.0. The van der Waals surface area contributed by atoms with E-state index in [1.807, 2.05) is 0 Å². The molecule has 23 heavy (non-hydrogen) atoms. The molecular weight excluding hydrogens is 311 g/mol. The van der Waals surface area contributed by atoms with Gasteiger partial charge in [0, 0.05) is 24.5 Å². The van der Waals surface area contributed by atoms with Gasteiger partial charge < -0.3 is 10.1 Å². The molecule has 0 aliphatic heterocycles. The third kappa shape index (κ3) is 3.43. The highest BCUT2D eigenvalue weighted by Gasteiger charge is 2.24. The highest BCUT2D eigenvalue weighted by molar-refractivity contribution is 6.04. The summed E-state index contributed by atoms with van der Waals surface area (Å²) >= 11 is 0. The maximum absolute atomic E-state index is 13.9. The van der Waals surface area contributed by atoms with Gasteiger partial charge in [-0.25, -0.2) is 14.2 Å². The summed E-state index contributed by atoms with van der Waals surface area (Å²) in [6.07, 6.45) is 3.73. The van der Waals surface area contributed by atoms with Crippen LogP contribution in [0.3, 0.4) is 0 Å². The Kier molecular flexibility index (Phi) is 4.55. The molecule has 0 fully saturated rings. The maximum Gasteiger partial charge on any atom is 0.341 e. The minimum absolute atomic E-state index is 0.112. The molecule has 0 saturated heterocycles. The molecule has 2 rings (SSSR count). The van der Waals surface area contributed by atoms with E-state index >= 15 is 0 Å². The number of benzene rings is 1. The van der Waals surface area contributed by atoms with E-state index in [-0.39, 0.29) is 5.69 Å². The first-order valence-electron chi connectivity index (χ1n) is 6.07. The lowest BCUT2D eigenvalue weighted by Crippen LogP contribution is -2.16. The highest BCUT2D eigenvalue weighted by atomic mass is 19.1. The first-order chi connectivity index (χ1) is 10.9. The molecule has 1 aromatic heterocycles. The van der Waals surface area contributed by atoms with Crippen LogP contribution >= 0.6 is 0 Å². The number of methoxy groups -OCH3 is 1. The van der Waals surface area contributed by atoms with Gasteiger partial charge in [0.2, 0.25) is 0 Å². The van der Waals surface area contributed by atoms with E-state index in [1.54, 1.807) is 0 Å². The molecule has 0 spiro atoms. The average molecular weight is 320 g/mol. The van der Waals surface area contributed by atoms with Crippen LogP contribution in [0.5, 0.6) is 0 Å². The van der Waals surface area contributed by atoms with Crippen LogP contribution in [0.1, 0.15) is 20.8 Å². The molecule has 0 atom stereocenters. The quantitative estimate of drug-likeness (QED) is 0.515. The fourth-order valence-corrected chi connectivity index (χ4v) is 1.68. The number of nitro benzene ring substituents is 1. The summed E-state index contributed by atoms with van der Waals surface area (Å²) < 4.78 is 18.2.